The number of halogens is 3. The van der Waals surface area contributed by atoms with Gasteiger partial charge in [-0.2, -0.15) is 8.78 Å². The molecular weight excluding hydrogens is 526 g/mol. The second kappa shape index (κ2) is 7.64. The average Bonchev–Trinajstić information content (AvgIpc) is 3.35. The van der Waals surface area contributed by atoms with Crippen molar-refractivity contribution in [1.29, 1.82) is 0 Å². The minimum atomic E-state index is -3.04. The number of pyridine rings is 1. The Labute approximate surface area is 187 Å². The molecule has 1 aliphatic rings. The molecule has 1 unspecified atom stereocenters. The number of nitrogens with one attached hydrogen (secondary N) is 1. The van der Waals surface area contributed by atoms with E-state index in [4.69, 9.17) is 4.42 Å². The van der Waals surface area contributed by atoms with E-state index in [1.165, 1.54) is 27.7 Å². The third-order valence-corrected chi connectivity index (χ3v) is 7.10. The lowest BCUT2D eigenvalue weighted by Crippen LogP contribution is -2.27. The fourth-order valence-electron chi connectivity index (χ4n) is 3.07. The Morgan fingerprint density at radius 3 is 2.70 bits per heavy atom. The molecule has 1 saturated carbocycles. The van der Waals surface area contributed by atoms with Crippen LogP contribution in [0.3, 0.4) is 0 Å². The van der Waals surface area contributed by atoms with Crippen LogP contribution in [0.25, 0.3) is 11.1 Å². The SMILES string of the molecule is Cc1oc2ncnc(N(I)C3(C)CC3)c2c1C(=O)NCc1ccc(C(F)(F)P)cn1. The minimum Gasteiger partial charge on any atom is -0.442 e. The Hall–Kier alpha value is -1.94. The maximum absolute atomic E-state index is 13.3. The van der Waals surface area contributed by atoms with Gasteiger partial charge in [0.15, 0.2) is 5.82 Å². The molecule has 11 heteroatoms. The molecule has 1 atom stereocenters. The van der Waals surface area contributed by atoms with E-state index >= 15 is 0 Å². The largest absolute Gasteiger partial charge is 0.442 e. The summed E-state index contributed by atoms with van der Waals surface area (Å²) in [5.41, 5.74) is -2.09. The summed E-state index contributed by atoms with van der Waals surface area (Å²) in [6.07, 6.45) is 4.60. The van der Waals surface area contributed by atoms with E-state index in [0.29, 0.717) is 33.9 Å². The second-order valence-electron chi connectivity index (χ2n) is 7.53. The zero-order chi connectivity index (χ0) is 21.7. The Kier molecular flexibility index (Phi) is 5.42. The maximum Gasteiger partial charge on any atom is 0.285 e. The molecule has 158 valence electrons. The molecule has 0 radical (unpaired) electrons. The van der Waals surface area contributed by atoms with Crippen LogP contribution in [0.4, 0.5) is 14.6 Å². The fraction of sp³-hybridized carbons (Fsp3) is 0.368. The van der Waals surface area contributed by atoms with Gasteiger partial charge in [-0.3, -0.25) is 12.9 Å². The van der Waals surface area contributed by atoms with Gasteiger partial charge in [-0.15, -0.1) is 0 Å². The molecule has 0 spiro atoms. The van der Waals surface area contributed by atoms with E-state index < -0.39 is 5.66 Å². The number of aromatic nitrogens is 3. The number of fused-ring (bicyclic) bond motifs is 1. The van der Waals surface area contributed by atoms with Crippen molar-refractivity contribution in [1.82, 2.24) is 20.3 Å². The van der Waals surface area contributed by atoms with Gasteiger partial charge in [0.1, 0.15) is 12.1 Å². The van der Waals surface area contributed by atoms with Crippen LogP contribution >= 0.6 is 32.1 Å². The van der Waals surface area contributed by atoms with Gasteiger partial charge in [-0.1, -0.05) is 9.24 Å². The van der Waals surface area contributed by atoms with Crippen molar-refractivity contribution in [3.63, 3.8) is 0 Å². The van der Waals surface area contributed by atoms with Crippen LogP contribution < -0.4 is 8.43 Å². The van der Waals surface area contributed by atoms with Crippen LogP contribution in [0.5, 0.6) is 0 Å². The first-order valence-corrected chi connectivity index (χ1v) is 10.7. The van der Waals surface area contributed by atoms with Crippen molar-refractivity contribution in [3.8, 4) is 0 Å². The first-order chi connectivity index (χ1) is 14.1. The molecule has 7 nitrogen and oxygen atoms in total. The van der Waals surface area contributed by atoms with E-state index in [0.717, 1.165) is 19.0 Å². The summed E-state index contributed by atoms with van der Waals surface area (Å²) >= 11 is 2.21. The number of aryl methyl sites for hydroxylation is 1. The zero-order valence-corrected chi connectivity index (χ0v) is 19.6. The Morgan fingerprint density at radius 2 is 2.10 bits per heavy atom. The number of carbonyl (C=O) groups excluding carboxylic acids is 1. The number of alkyl halides is 2. The average molecular weight is 545 g/mol. The standard InChI is InChI=1S/C19H19F2IN5O2P/c1-10-13(16(28)24-8-12-4-3-11(7-23-12)19(20,21)30)14-15(25-9-26-17(14)29-10)27(22)18(2)5-6-18/h3-4,7,9H,5-6,8,30H2,1-2H3,(H,24,28). The molecule has 1 fully saturated rings. The number of anilines is 1. The molecule has 3 heterocycles. The summed E-state index contributed by atoms with van der Waals surface area (Å²) in [6, 6.07) is 2.75. The number of hydrogen-bond acceptors (Lipinski definition) is 6. The van der Waals surface area contributed by atoms with Crippen LogP contribution in [0.15, 0.2) is 29.1 Å². The van der Waals surface area contributed by atoms with Gasteiger partial charge >= 0.3 is 0 Å². The predicted molar refractivity (Wildman–Crippen MR) is 120 cm³/mol. The van der Waals surface area contributed by atoms with E-state index in [1.807, 2.05) is 3.11 Å². The highest BCUT2D eigenvalue weighted by Crippen LogP contribution is 2.47. The molecule has 0 aromatic carbocycles. The van der Waals surface area contributed by atoms with Crippen molar-refractivity contribution < 1.29 is 18.0 Å². The third-order valence-electron chi connectivity index (χ3n) is 5.14. The predicted octanol–water partition coefficient (Wildman–Crippen LogP) is 4.49. The molecule has 0 saturated heterocycles. The quantitative estimate of drug-likeness (QED) is 0.279. The van der Waals surface area contributed by atoms with Gasteiger partial charge in [-0.25, -0.2) is 9.97 Å². The molecule has 3 aromatic heterocycles. The van der Waals surface area contributed by atoms with Crippen molar-refractivity contribution >= 4 is 54.9 Å². The van der Waals surface area contributed by atoms with E-state index in [1.54, 1.807) is 6.92 Å². The van der Waals surface area contributed by atoms with Crippen LogP contribution in [0.2, 0.25) is 0 Å². The van der Waals surface area contributed by atoms with Crippen LogP contribution in [-0.2, 0) is 12.2 Å². The smallest absolute Gasteiger partial charge is 0.285 e. The first-order valence-electron chi connectivity index (χ1n) is 9.20. The summed E-state index contributed by atoms with van der Waals surface area (Å²) in [5.74, 6) is 0.698. The molecule has 1 amide bonds. The van der Waals surface area contributed by atoms with Crippen molar-refractivity contribution in [2.75, 3.05) is 3.11 Å². The molecule has 4 rings (SSSR count). The topological polar surface area (TPSA) is 84.2 Å². The Balaban J connectivity index is 1.60. The summed E-state index contributed by atoms with van der Waals surface area (Å²) in [7, 11) is 1.47. The number of hydrogen-bond donors (Lipinski definition) is 1. The van der Waals surface area contributed by atoms with E-state index in [2.05, 4.69) is 50.1 Å². The first kappa shape index (κ1) is 21.3. The van der Waals surface area contributed by atoms with Crippen molar-refractivity contribution in [3.05, 3.63) is 47.2 Å². The Bertz CT molecular complexity index is 1110. The van der Waals surface area contributed by atoms with E-state index in [9.17, 15) is 13.6 Å². The normalized spacial score (nSPS) is 15.3. The summed E-state index contributed by atoms with van der Waals surface area (Å²) < 4.78 is 34.3. The monoisotopic (exact) mass is 545 g/mol. The lowest BCUT2D eigenvalue weighted by molar-refractivity contribution is 0.0948. The van der Waals surface area contributed by atoms with Gasteiger partial charge in [0, 0.05) is 17.3 Å². The highest BCUT2D eigenvalue weighted by Gasteiger charge is 2.44. The van der Waals surface area contributed by atoms with Gasteiger partial charge in [0.25, 0.3) is 11.6 Å². The number of furan rings is 1. The molecule has 1 aliphatic carbocycles. The molecule has 30 heavy (non-hydrogen) atoms. The lowest BCUT2D eigenvalue weighted by Gasteiger charge is -2.23. The summed E-state index contributed by atoms with van der Waals surface area (Å²) in [5, 5.41) is 3.34. The zero-order valence-electron chi connectivity index (χ0n) is 16.2. The number of carbonyl (C=O) groups is 1. The van der Waals surface area contributed by atoms with Crippen LogP contribution in [0, 0.1) is 6.92 Å². The minimum absolute atomic E-state index is 0.00788. The number of amides is 1. The number of rotatable bonds is 6. The molecular formula is C19H19F2IN5O2P. The lowest BCUT2D eigenvalue weighted by atomic mass is 10.1. The molecule has 0 bridgehead atoms. The van der Waals surface area contributed by atoms with Gasteiger partial charge < -0.3 is 9.73 Å². The maximum atomic E-state index is 13.3. The summed E-state index contributed by atoms with van der Waals surface area (Å²) in [4.78, 5) is 25.6. The van der Waals surface area contributed by atoms with Crippen molar-refractivity contribution in [2.24, 2.45) is 0 Å². The van der Waals surface area contributed by atoms with Crippen molar-refractivity contribution in [2.45, 2.75) is 44.4 Å². The van der Waals surface area contributed by atoms with Gasteiger partial charge in [0.2, 0.25) is 5.71 Å². The Morgan fingerprint density at radius 1 is 1.37 bits per heavy atom. The van der Waals surface area contributed by atoms with Crippen LogP contribution in [0.1, 0.15) is 47.1 Å². The van der Waals surface area contributed by atoms with E-state index in [-0.39, 0.29) is 23.6 Å². The molecule has 3 aromatic rings. The fourth-order valence-corrected chi connectivity index (χ4v) is 4.09. The van der Waals surface area contributed by atoms with Gasteiger partial charge in [-0.05, 0) is 38.8 Å². The second-order valence-corrected chi connectivity index (χ2v) is 9.22. The summed E-state index contributed by atoms with van der Waals surface area (Å²) in [6.45, 7) is 3.92. The number of nitrogens with zero attached hydrogens (tertiary/aromatic N) is 4. The highest BCUT2D eigenvalue weighted by atomic mass is 127. The molecule has 1 N–H and O–H groups in total. The highest BCUT2D eigenvalue weighted by molar-refractivity contribution is 14.1. The third kappa shape index (κ3) is 3.99. The van der Waals surface area contributed by atoms with Crippen LogP contribution in [-0.4, -0.2) is 26.4 Å². The van der Waals surface area contributed by atoms with Gasteiger partial charge in [0.05, 0.1) is 46.1 Å². The molecule has 0 aliphatic heterocycles.